The van der Waals surface area contributed by atoms with E-state index < -0.39 is 21.6 Å². The number of aromatic nitrogens is 2. The molecule has 12 heteroatoms. The molecule has 1 aliphatic heterocycles. The van der Waals surface area contributed by atoms with Crippen molar-refractivity contribution in [1.29, 1.82) is 0 Å². The summed E-state index contributed by atoms with van der Waals surface area (Å²) in [6.45, 7) is 1.63. The van der Waals surface area contributed by atoms with Crippen molar-refractivity contribution in [2.24, 2.45) is 0 Å². The summed E-state index contributed by atoms with van der Waals surface area (Å²) < 4.78 is 65.4. The number of carbonyl (C=O) groups is 1. The molecule has 3 heterocycles. The van der Waals surface area contributed by atoms with Crippen molar-refractivity contribution in [2.45, 2.75) is 17.0 Å². The molecule has 1 amide bonds. The summed E-state index contributed by atoms with van der Waals surface area (Å²) in [6, 6.07) is 14.8. The molecule has 7 nitrogen and oxygen atoms in total. The maximum atomic E-state index is 13.3. The Hall–Kier alpha value is -3.51. The SMILES string of the molecule is O=C(c1ccccc1CS(=O)(=O)c1ccccn1)N1CCN(c2nc3cc(C(F)(F)F)ccc3s2)CC1. The van der Waals surface area contributed by atoms with Gasteiger partial charge in [0.05, 0.1) is 21.5 Å². The lowest BCUT2D eigenvalue weighted by molar-refractivity contribution is -0.137. The minimum absolute atomic E-state index is 0.0518. The van der Waals surface area contributed by atoms with Crippen LogP contribution in [0.5, 0.6) is 0 Å². The number of alkyl halides is 3. The molecule has 4 aromatic rings. The van der Waals surface area contributed by atoms with Crippen LogP contribution in [0, 0.1) is 0 Å². The number of anilines is 1. The molecule has 0 radical (unpaired) electrons. The zero-order valence-corrected chi connectivity index (χ0v) is 21.0. The minimum Gasteiger partial charge on any atom is -0.345 e. The Morgan fingerprint density at radius 3 is 2.41 bits per heavy atom. The molecule has 0 spiro atoms. The predicted molar refractivity (Wildman–Crippen MR) is 134 cm³/mol. The molecule has 0 aliphatic carbocycles. The number of benzene rings is 2. The van der Waals surface area contributed by atoms with Crippen molar-refractivity contribution in [3.63, 3.8) is 0 Å². The van der Waals surface area contributed by atoms with Crippen LogP contribution in [0.3, 0.4) is 0 Å². The van der Waals surface area contributed by atoms with Gasteiger partial charge in [-0.05, 0) is 42.0 Å². The molecule has 0 bridgehead atoms. The van der Waals surface area contributed by atoms with Crippen LogP contribution < -0.4 is 4.90 Å². The molecule has 1 aliphatic rings. The fraction of sp³-hybridized carbons (Fsp3) is 0.240. The van der Waals surface area contributed by atoms with E-state index in [-0.39, 0.29) is 22.2 Å². The van der Waals surface area contributed by atoms with Crippen molar-refractivity contribution in [1.82, 2.24) is 14.9 Å². The Balaban J connectivity index is 1.29. The zero-order chi connectivity index (χ0) is 26.2. The maximum absolute atomic E-state index is 13.3. The van der Waals surface area contributed by atoms with Gasteiger partial charge in [0.2, 0.25) is 0 Å². The van der Waals surface area contributed by atoms with Gasteiger partial charge in [-0.2, -0.15) is 13.2 Å². The summed E-state index contributed by atoms with van der Waals surface area (Å²) >= 11 is 1.31. The molecule has 1 saturated heterocycles. The van der Waals surface area contributed by atoms with Crippen LogP contribution in [0.15, 0.2) is 71.9 Å². The monoisotopic (exact) mass is 546 g/mol. The van der Waals surface area contributed by atoms with E-state index in [4.69, 9.17) is 0 Å². The smallest absolute Gasteiger partial charge is 0.345 e. The van der Waals surface area contributed by atoms with Crippen molar-refractivity contribution in [2.75, 3.05) is 31.1 Å². The van der Waals surface area contributed by atoms with E-state index in [1.807, 2.05) is 4.90 Å². The summed E-state index contributed by atoms with van der Waals surface area (Å²) in [5.41, 5.74) is 0.259. The number of hydrogen-bond donors (Lipinski definition) is 0. The highest BCUT2D eigenvalue weighted by molar-refractivity contribution is 7.90. The number of piperazine rings is 1. The fourth-order valence-corrected chi connectivity index (χ4v) is 6.48. The number of pyridine rings is 1. The number of rotatable bonds is 5. The van der Waals surface area contributed by atoms with Gasteiger partial charge in [0.25, 0.3) is 5.91 Å². The molecule has 2 aromatic heterocycles. The number of nitrogens with zero attached hydrogens (tertiary/aromatic N) is 4. The second-order valence-corrected chi connectivity index (χ2v) is 11.5. The number of sulfone groups is 1. The highest BCUT2D eigenvalue weighted by Crippen LogP contribution is 2.35. The average Bonchev–Trinajstić information content (AvgIpc) is 3.32. The Labute approximate surface area is 215 Å². The van der Waals surface area contributed by atoms with E-state index in [0.29, 0.717) is 47.1 Å². The summed E-state index contributed by atoms with van der Waals surface area (Å²) in [4.78, 5) is 25.3. The molecule has 5 rings (SSSR count). The maximum Gasteiger partial charge on any atom is 0.416 e. The van der Waals surface area contributed by atoms with Gasteiger partial charge < -0.3 is 9.80 Å². The number of carbonyl (C=O) groups excluding carboxylic acids is 1. The van der Waals surface area contributed by atoms with E-state index in [1.165, 1.54) is 29.7 Å². The first-order valence-electron chi connectivity index (χ1n) is 11.4. The van der Waals surface area contributed by atoms with E-state index in [9.17, 15) is 26.4 Å². The number of halogens is 3. The van der Waals surface area contributed by atoms with Gasteiger partial charge in [0, 0.05) is 37.9 Å². The number of amides is 1. The lowest BCUT2D eigenvalue weighted by Gasteiger charge is -2.34. The largest absolute Gasteiger partial charge is 0.416 e. The van der Waals surface area contributed by atoms with Crippen molar-refractivity contribution >= 4 is 42.4 Å². The van der Waals surface area contributed by atoms with Crippen molar-refractivity contribution in [3.8, 4) is 0 Å². The van der Waals surface area contributed by atoms with E-state index in [1.54, 1.807) is 41.3 Å². The molecular formula is C25H21F3N4O3S2. The molecule has 37 heavy (non-hydrogen) atoms. The lowest BCUT2D eigenvalue weighted by atomic mass is 10.1. The number of thiazole rings is 1. The quantitative estimate of drug-likeness (QED) is 0.363. The number of fused-ring (bicyclic) bond motifs is 1. The first-order valence-corrected chi connectivity index (χ1v) is 13.8. The summed E-state index contributed by atoms with van der Waals surface area (Å²) in [5.74, 6) is -0.622. The van der Waals surface area contributed by atoms with Crippen LogP contribution in [0.2, 0.25) is 0 Å². The minimum atomic E-state index is -4.43. The van der Waals surface area contributed by atoms with E-state index in [2.05, 4.69) is 9.97 Å². The third kappa shape index (κ3) is 5.30. The third-order valence-electron chi connectivity index (χ3n) is 6.09. The number of hydrogen-bond acceptors (Lipinski definition) is 7. The topological polar surface area (TPSA) is 83.5 Å². The van der Waals surface area contributed by atoms with Crippen LogP contribution in [-0.2, 0) is 21.8 Å². The zero-order valence-electron chi connectivity index (χ0n) is 19.4. The van der Waals surface area contributed by atoms with Gasteiger partial charge in [-0.15, -0.1) is 0 Å². The van der Waals surface area contributed by atoms with Crippen LogP contribution in [0.4, 0.5) is 18.3 Å². The molecule has 1 fully saturated rings. The molecule has 0 N–H and O–H groups in total. The Morgan fingerprint density at radius 1 is 0.973 bits per heavy atom. The van der Waals surface area contributed by atoms with Gasteiger partial charge in [0.15, 0.2) is 20.0 Å². The van der Waals surface area contributed by atoms with Gasteiger partial charge in [-0.3, -0.25) is 4.79 Å². The highest BCUT2D eigenvalue weighted by Gasteiger charge is 2.31. The Morgan fingerprint density at radius 2 is 1.70 bits per heavy atom. The van der Waals surface area contributed by atoms with Gasteiger partial charge >= 0.3 is 6.18 Å². The molecule has 192 valence electrons. The second kappa shape index (κ2) is 9.75. The van der Waals surface area contributed by atoms with Crippen LogP contribution in [-0.4, -0.2) is 55.4 Å². The van der Waals surface area contributed by atoms with E-state index >= 15 is 0 Å². The van der Waals surface area contributed by atoms with Crippen LogP contribution in [0.1, 0.15) is 21.5 Å². The molecule has 0 unspecified atom stereocenters. The standard InChI is InChI=1S/C25H21F3N4O3S2/c26-25(27,28)18-8-9-21-20(15-18)30-24(36-21)32-13-11-31(12-14-32)23(33)19-6-2-1-5-17(19)16-37(34,35)22-7-3-4-10-29-22/h1-10,15H,11-14,16H2. The molecule has 0 atom stereocenters. The molecular weight excluding hydrogens is 525 g/mol. The third-order valence-corrected chi connectivity index (χ3v) is 8.76. The Kier molecular flexibility index (Phi) is 6.63. The molecule has 0 saturated carbocycles. The second-order valence-electron chi connectivity index (χ2n) is 8.54. The van der Waals surface area contributed by atoms with Crippen LogP contribution >= 0.6 is 11.3 Å². The fourth-order valence-electron chi connectivity index (χ4n) is 4.16. The predicted octanol–water partition coefficient (Wildman–Crippen LogP) is 4.65. The first kappa shape index (κ1) is 25.2. The summed E-state index contributed by atoms with van der Waals surface area (Å²) in [7, 11) is -3.74. The molecule has 2 aromatic carbocycles. The van der Waals surface area contributed by atoms with Crippen molar-refractivity contribution in [3.05, 3.63) is 83.6 Å². The van der Waals surface area contributed by atoms with Crippen LogP contribution in [0.25, 0.3) is 10.2 Å². The van der Waals surface area contributed by atoms with Gasteiger partial charge in [-0.25, -0.2) is 18.4 Å². The highest BCUT2D eigenvalue weighted by atomic mass is 32.2. The van der Waals surface area contributed by atoms with Crippen molar-refractivity contribution < 1.29 is 26.4 Å². The van der Waals surface area contributed by atoms with E-state index in [0.717, 1.165) is 12.1 Å². The summed E-state index contributed by atoms with van der Waals surface area (Å²) in [6.07, 6.45) is -3.03. The van der Waals surface area contributed by atoms with Gasteiger partial charge in [0.1, 0.15) is 0 Å². The summed E-state index contributed by atoms with van der Waals surface area (Å²) in [5, 5.41) is 0.548. The lowest BCUT2D eigenvalue weighted by Crippen LogP contribution is -2.49. The first-order chi connectivity index (χ1) is 17.6. The van der Waals surface area contributed by atoms with Gasteiger partial charge in [-0.1, -0.05) is 35.6 Å². The average molecular weight is 547 g/mol. The normalized spacial score (nSPS) is 14.8. The Bertz CT molecular complexity index is 1550.